The molecule has 2 atom stereocenters. The Kier molecular flexibility index (Phi) is 4.47. The summed E-state index contributed by atoms with van der Waals surface area (Å²) in [6.45, 7) is 1.83. The summed E-state index contributed by atoms with van der Waals surface area (Å²) < 4.78 is 0. The molecule has 0 aromatic heterocycles. The lowest BCUT2D eigenvalue weighted by Gasteiger charge is -2.28. The molecule has 2 aliphatic rings. The summed E-state index contributed by atoms with van der Waals surface area (Å²) in [5.41, 5.74) is 2.76. The van der Waals surface area contributed by atoms with Crippen LogP contribution in [-0.2, 0) is 4.79 Å². The van der Waals surface area contributed by atoms with E-state index in [1.165, 1.54) is 11.8 Å². The largest absolute Gasteiger partial charge is 0.477 e. The van der Waals surface area contributed by atoms with Crippen molar-refractivity contribution in [1.29, 1.82) is 0 Å². The number of thioether (sulfide) groups is 1. The number of amidine groups is 1. The van der Waals surface area contributed by atoms with Gasteiger partial charge >= 0.3 is 5.97 Å². The third kappa shape index (κ3) is 2.90. The van der Waals surface area contributed by atoms with Gasteiger partial charge in [0.25, 0.3) is 0 Å². The fourth-order valence-electron chi connectivity index (χ4n) is 3.32. The van der Waals surface area contributed by atoms with Gasteiger partial charge in [0.2, 0.25) is 0 Å². The van der Waals surface area contributed by atoms with Crippen molar-refractivity contribution in [3.05, 3.63) is 80.3 Å². The highest BCUT2D eigenvalue weighted by molar-refractivity contribution is 8.18. The lowest BCUT2D eigenvalue weighted by Crippen LogP contribution is -2.26. The van der Waals surface area contributed by atoms with Gasteiger partial charge in [-0.3, -0.25) is 4.99 Å². The highest BCUT2D eigenvalue weighted by atomic mass is 35.5. The molecule has 7 heteroatoms. The van der Waals surface area contributed by atoms with Crippen molar-refractivity contribution in [2.75, 3.05) is 0 Å². The number of rotatable bonds is 3. The second kappa shape index (κ2) is 6.65. The zero-order valence-corrected chi connectivity index (χ0v) is 16.0. The van der Waals surface area contributed by atoms with Gasteiger partial charge in [0, 0.05) is 15.7 Å². The molecule has 0 aliphatic carbocycles. The van der Waals surface area contributed by atoms with Crippen LogP contribution >= 0.6 is 35.0 Å². The zero-order valence-electron chi connectivity index (χ0n) is 13.7. The van der Waals surface area contributed by atoms with E-state index in [1.807, 2.05) is 60.4 Å². The third-order valence-corrected chi connectivity index (χ3v) is 6.20. The van der Waals surface area contributed by atoms with Gasteiger partial charge in [0.1, 0.15) is 10.9 Å². The van der Waals surface area contributed by atoms with Gasteiger partial charge < -0.3 is 10.0 Å². The molecule has 0 radical (unpaired) electrons. The maximum absolute atomic E-state index is 11.5. The normalized spacial score (nSPS) is 21.8. The predicted octanol–water partition coefficient (Wildman–Crippen LogP) is 5.51. The quantitative estimate of drug-likeness (QED) is 0.732. The summed E-state index contributed by atoms with van der Waals surface area (Å²) in [6, 6.07) is 14.9. The number of carboxylic acid groups (broad SMARTS) is 1. The topological polar surface area (TPSA) is 52.9 Å². The summed E-state index contributed by atoms with van der Waals surface area (Å²) in [5, 5.41) is 11.5. The summed E-state index contributed by atoms with van der Waals surface area (Å²) in [6.07, 6.45) is 0. The van der Waals surface area contributed by atoms with Crippen molar-refractivity contribution in [3.8, 4) is 0 Å². The number of hydrogen-bond donors (Lipinski definition) is 1. The Hall–Kier alpha value is -1.95. The van der Waals surface area contributed by atoms with E-state index in [4.69, 9.17) is 28.2 Å². The second-order valence-corrected chi connectivity index (χ2v) is 7.95. The maximum atomic E-state index is 11.5. The average Bonchev–Trinajstić information content (AvgIpc) is 3.14. The number of aliphatic imine (C=N–C) groups is 1. The van der Waals surface area contributed by atoms with Crippen molar-refractivity contribution < 1.29 is 9.90 Å². The Morgan fingerprint density at radius 3 is 2.12 bits per heavy atom. The van der Waals surface area contributed by atoms with Crippen molar-refractivity contribution in [2.45, 2.75) is 19.0 Å². The number of benzene rings is 2. The lowest BCUT2D eigenvalue weighted by molar-refractivity contribution is -0.131. The molecule has 2 heterocycles. The van der Waals surface area contributed by atoms with E-state index in [-0.39, 0.29) is 12.1 Å². The smallest absolute Gasteiger partial charge is 0.344 e. The SMILES string of the molecule is CC1=C(C(=O)O)SC2=NC(c3ccc(Cl)cc3)C(c3ccc(Cl)cc3)N21. The third-order valence-electron chi connectivity index (χ3n) is 4.53. The molecule has 132 valence electrons. The maximum Gasteiger partial charge on any atom is 0.344 e. The second-order valence-electron chi connectivity index (χ2n) is 6.10. The first-order valence-corrected chi connectivity index (χ1v) is 9.53. The van der Waals surface area contributed by atoms with Gasteiger partial charge in [-0.2, -0.15) is 0 Å². The minimum absolute atomic E-state index is 0.132. The number of allylic oxidation sites excluding steroid dienone is 1. The van der Waals surface area contributed by atoms with Crippen LogP contribution in [0.5, 0.6) is 0 Å². The van der Waals surface area contributed by atoms with Gasteiger partial charge in [0.05, 0.1) is 6.04 Å². The van der Waals surface area contributed by atoms with E-state index < -0.39 is 5.97 Å². The van der Waals surface area contributed by atoms with E-state index in [2.05, 4.69) is 0 Å². The first-order chi connectivity index (χ1) is 12.5. The zero-order chi connectivity index (χ0) is 18.4. The number of carbonyl (C=O) groups is 1. The molecular formula is C19H14Cl2N2O2S. The Balaban J connectivity index is 1.81. The van der Waals surface area contributed by atoms with Gasteiger partial charge in [-0.15, -0.1) is 0 Å². The number of carboxylic acids is 1. The molecule has 2 aromatic rings. The number of halogens is 2. The van der Waals surface area contributed by atoms with Crippen LogP contribution in [0.1, 0.15) is 30.1 Å². The van der Waals surface area contributed by atoms with Crippen LogP contribution in [0.2, 0.25) is 10.0 Å². The van der Waals surface area contributed by atoms with Crippen LogP contribution in [0.3, 0.4) is 0 Å². The monoisotopic (exact) mass is 404 g/mol. The fourth-order valence-corrected chi connectivity index (χ4v) is 4.60. The highest BCUT2D eigenvalue weighted by Crippen LogP contribution is 2.51. The van der Waals surface area contributed by atoms with Crippen LogP contribution in [0.15, 0.2) is 64.1 Å². The molecule has 2 unspecified atom stereocenters. The Morgan fingerprint density at radius 1 is 1.04 bits per heavy atom. The van der Waals surface area contributed by atoms with Crippen molar-refractivity contribution in [2.24, 2.45) is 4.99 Å². The lowest BCUT2D eigenvalue weighted by atomic mass is 9.93. The van der Waals surface area contributed by atoms with Crippen molar-refractivity contribution in [1.82, 2.24) is 4.90 Å². The first-order valence-electron chi connectivity index (χ1n) is 7.95. The average molecular weight is 405 g/mol. The number of aliphatic carboxylic acids is 1. The summed E-state index contributed by atoms with van der Waals surface area (Å²) in [4.78, 5) is 18.7. The Bertz CT molecular complexity index is 939. The highest BCUT2D eigenvalue weighted by Gasteiger charge is 2.45. The van der Waals surface area contributed by atoms with Gasteiger partial charge in [-0.1, -0.05) is 47.5 Å². The Labute approximate surface area is 165 Å². The molecule has 0 saturated carbocycles. The van der Waals surface area contributed by atoms with Gasteiger partial charge in [-0.05, 0) is 54.1 Å². The Morgan fingerprint density at radius 2 is 1.58 bits per heavy atom. The van der Waals surface area contributed by atoms with E-state index in [0.29, 0.717) is 25.8 Å². The summed E-state index contributed by atoms with van der Waals surface area (Å²) >= 11 is 13.3. The molecule has 0 bridgehead atoms. The molecule has 4 rings (SSSR count). The van der Waals surface area contributed by atoms with E-state index in [1.54, 1.807) is 0 Å². The molecule has 0 saturated heterocycles. The van der Waals surface area contributed by atoms with Gasteiger partial charge in [0.15, 0.2) is 5.17 Å². The van der Waals surface area contributed by atoms with E-state index in [0.717, 1.165) is 11.1 Å². The van der Waals surface area contributed by atoms with Crippen LogP contribution in [0.4, 0.5) is 0 Å². The molecule has 4 nitrogen and oxygen atoms in total. The molecule has 1 N–H and O–H groups in total. The minimum Gasteiger partial charge on any atom is -0.477 e. The molecule has 0 amide bonds. The number of hydrogen-bond acceptors (Lipinski definition) is 4. The summed E-state index contributed by atoms with van der Waals surface area (Å²) in [5.74, 6) is -0.928. The first kappa shape index (κ1) is 17.5. The predicted molar refractivity (Wildman–Crippen MR) is 106 cm³/mol. The summed E-state index contributed by atoms with van der Waals surface area (Å²) in [7, 11) is 0. The molecular weight excluding hydrogens is 391 g/mol. The molecule has 2 aromatic carbocycles. The molecule has 2 aliphatic heterocycles. The minimum atomic E-state index is -0.928. The van der Waals surface area contributed by atoms with Gasteiger partial charge in [-0.25, -0.2) is 4.79 Å². The van der Waals surface area contributed by atoms with Crippen LogP contribution in [-0.4, -0.2) is 21.1 Å². The standard InChI is InChI=1S/C19H14Cl2N2O2S/c1-10-17(18(24)25)26-19-22-15(11-2-6-13(20)7-3-11)16(23(10)19)12-4-8-14(21)9-5-12/h2-9,15-16H,1H3,(H,24,25). The van der Waals surface area contributed by atoms with E-state index in [9.17, 15) is 9.90 Å². The van der Waals surface area contributed by atoms with Crippen molar-refractivity contribution >= 4 is 46.1 Å². The van der Waals surface area contributed by atoms with E-state index >= 15 is 0 Å². The fraction of sp³-hybridized carbons (Fsp3) is 0.158. The van der Waals surface area contributed by atoms with Crippen LogP contribution in [0, 0.1) is 0 Å². The number of fused-ring (bicyclic) bond motifs is 1. The molecule has 26 heavy (non-hydrogen) atoms. The van der Waals surface area contributed by atoms with Crippen LogP contribution in [0.25, 0.3) is 0 Å². The molecule has 0 spiro atoms. The number of nitrogens with zero attached hydrogens (tertiary/aromatic N) is 2. The van der Waals surface area contributed by atoms with Crippen LogP contribution < -0.4 is 0 Å². The molecule has 0 fully saturated rings. The van der Waals surface area contributed by atoms with Crippen molar-refractivity contribution in [3.63, 3.8) is 0 Å².